The number of rotatable bonds is 10. The van der Waals surface area contributed by atoms with E-state index in [0.29, 0.717) is 23.3 Å². The number of hydrogen-bond acceptors (Lipinski definition) is 6. The van der Waals surface area contributed by atoms with Crippen LogP contribution in [0.4, 0.5) is 0 Å². The van der Waals surface area contributed by atoms with E-state index in [2.05, 4.69) is 9.71 Å². The topological polar surface area (TPSA) is 146 Å². The van der Waals surface area contributed by atoms with Crippen LogP contribution in [0.3, 0.4) is 0 Å². The van der Waals surface area contributed by atoms with Gasteiger partial charge in [0.25, 0.3) is 0 Å². The Bertz CT molecular complexity index is 1020. The summed E-state index contributed by atoms with van der Waals surface area (Å²) >= 11 is 5.57. The minimum Gasteiger partial charge on any atom is -0.493 e. The third-order valence-electron chi connectivity index (χ3n) is 4.14. The standard InChI is InChI=1S/C18H23ClN4O5S/c1-27-15-9-11-5-6-13(8-12(11)10-16(15)28-2)29(25,26)23-14(17(19)24)4-3-7-22-18(20)21/h5-6,8-10,14,23H,3-4,7H2,1-2H3,(H4,20,21,22)/t14-/m0/s1. The fourth-order valence-electron chi connectivity index (χ4n) is 2.70. The number of carbonyl (C=O) groups is 1. The van der Waals surface area contributed by atoms with Gasteiger partial charge in [-0.15, -0.1) is 0 Å². The van der Waals surface area contributed by atoms with Crippen molar-refractivity contribution in [3.8, 4) is 11.5 Å². The van der Waals surface area contributed by atoms with Crippen LogP contribution in [-0.4, -0.2) is 46.4 Å². The second-order valence-electron chi connectivity index (χ2n) is 6.14. The van der Waals surface area contributed by atoms with Crippen LogP contribution in [0.1, 0.15) is 12.8 Å². The van der Waals surface area contributed by atoms with Crippen molar-refractivity contribution in [3.05, 3.63) is 30.3 Å². The molecule has 2 rings (SSSR count). The van der Waals surface area contributed by atoms with E-state index in [4.69, 9.17) is 32.5 Å². The van der Waals surface area contributed by atoms with Crippen molar-refractivity contribution in [2.75, 3.05) is 20.8 Å². The van der Waals surface area contributed by atoms with Crippen LogP contribution in [0.15, 0.2) is 40.2 Å². The molecule has 0 aliphatic heterocycles. The maximum Gasteiger partial charge on any atom is 0.241 e. The average Bonchev–Trinajstić information content (AvgIpc) is 2.68. The predicted octanol–water partition coefficient (Wildman–Crippen LogP) is 1.32. The zero-order chi connectivity index (χ0) is 21.6. The highest BCUT2D eigenvalue weighted by molar-refractivity contribution is 7.89. The van der Waals surface area contributed by atoms with Gasteiger partial charge in [-0.25, -0.2) is 8.42 Å². The van der Waals surface area contributed by atoms with Crippen molar-refractivity contribution < 1.29 is 22.7 Å². The van der Waals surface area contributed by atoms with Crippen LogP contribution in [-0.2, 0) is 14.8 Å². The van der Waals surface area contributed by atoms with Gasteiger partial charge < -0.3 is 20.9 Å². The van der Waals surface area contributed by atoms with Gasteiger partial charge in [0.2, 0.25) is 15.3 Å². The zero-order valence-electron chi connectivity index (χ0n) is 16.0. The molecule has 5 N–H and O–H groups in total. The summed E-state index contributed by atoms with van der Waals surface area (Å²) in [7, 11) is -0.990. The summed E-state index contributed by atoms with van der Waals surface area (Å²) in [5, 5.41) is 0.585. The number of nitrogens with zero attached hydrogens (tertiary/aromatic N) is 1. The number of nitrogens with two attached hydrogens (primary N) is 2. The molecule has 11 heteroatoms. The van der Waals surface area contributed by atoms with Crippen molar-refractivity contribution >= 4 is 43.6 Å². The number of benzene rings is 2. The Balaban J connectivity index is 2.27. The highest BCUT2D eigenvalue weighted by Gasteiger charge is 2.24. The molecule has 158 valence electrons. The van der Waals surface area contributed by atoms with E-state index in [9.17, 15) is 13.2 Å². The second kappa shape index (κ2) is 9.77. The summed E-state index contributed by atoms with van der Waals surface area (Å²) in [6.45, 7) is 0.252. The van der Waals surface area contributed by atoms with Gasteiger partial charge in [-0.2, -0.15) is 4.72 Å². The zero-order valence-corrected chi connectivity index (χ0v) is 17.6. The number of aliphatic imine (C=N–C) groups is 1. The molecule has 0 fully saturated rings. The van der Waals surface area contributed by atoms with Gasteiger partial charge >= 0.3 is 0 Å². The second-order valence-corrected chi connectivity index (χ2v) is 8.23. The molecule has 0 saturated heterocycles. The number of carbonyl (C=O) groups excluding carboxylic acids is 1. The van der Waals surface area contributed by atoms with Crippen molar-refractivity contribution in [3.63, 3.8) is 0 Å². The summed E-state index contributed by atoms with van der Waals surface area (Å²) < 4.78 is 38.4. The minimum absolute atomic E-state index is 0.00985. The molecule has 0 aliphatic rings. The Morgan fingerprint density at radius 1 is 1.14 bits per heavy atom. The van der Waals surface area contributed by atoms with Crippen LogP contribution in [0, 0.1) is 0 Å². The molecule has 0 saturated carbocycles. The Morgan fingerprint density at radius 2 is 1.76 bits per heavy atom. The molecule has 0 unspecified atom stereocenters. The largest absolute Gasteiger partial charge is 0.493 e. The number of fused-ring (bicyclic) bond motifs is 1. The van der Waals surface area contributed by atoms with Gasteiger partial charge in [0.05, 0.1) is 25.2 Å². The molecule has 0 bridgehead atoms. The Hall–Kier alpha value is -2.56. The molecule has 1 atom stereocenters. The lowest BCUT2D eigenvalue weighted by Crippen LogP contribution is -2.39. The fraction of sp³-hybridized carbons (Fsp3) is 0.333. The number of nitrogens with one attached hydrogen (secondary N) is 1. The molecule has 0 spiro atoms. The molecular weight excluding hydrogens is 420 g/mol. The lowest BCUT2D eigenvalue weighted by Gasteiger charge is -2.15. The van der Waals surface area contributed by atoms with E-state index in [1.54, 1.807) is 18.2 Å². The van der Waals surface area contributed by atoms with E-state index >= 15 is 0 Å². The van der Waals surface area contributed by atoms with E-state index in [0.717, 1.165) is 5.39 Å². The highest BCUT2D eigenvalue weighted by Crippen LogP contribution is 2.33. The summed E-state index contributed by atoms with van der Waals surface area (Å²) in [6, 6.07) is 6.87. The summed E-state index contributed by atoms with van der Waals surface area (Å²) in [6.07, 6.45) is 0.523. The van der Waals surface area contributed by atoms with Crippen LogP contribution < -0.4 is 25.7 Å². The lowest BCUT2D eigenvalue weighted by atomic mass is 10.1. The summed E-state index contributed by atoms with van der Waals surface area (Å²) in [4.78, 5) is 15.5. The first-order chi connectivity index (χ1) is 13.7. The maximum atomic E-state index is 12.8. The molecule has 2 aromatic carbocycles. The Labute approximate surface area is 174 Å². The maximum absolute atomic E-state index is 12.8. The molecule has 2 aromatic rings. The molecule has 9 nitrogen and oxygen atoms in total. The normalized spacial score (nSPS) is 12.4. The first-order valence-electron chi connectivity index (χ1n) is 8.60. The number of halogens is 1. The number of hydrogen-bond donors (Lipinski definition) is 3. The quantitative estimate of drug-likeness (QED) is 0.217. The van der Waals surface area contributed by atoms with Crippen molar-refractivity contribution in [2.24, 2.45) is 16.5 Å². The number of sulfonamides is 1. The van der Waals surface area contributed by atoms with Gasteiger partial charge in [0.1, 0.15) is 0 Å². The third-order valence-corrected chi connectivity index (χ3v) is 5.87. The van der Waals surface area contributed by atoms with Crippen molar-refractivity contribution in [2.45, 2.75) is 23.8 Å². The van der Waals surface area contributed by atoms with Gasteiger partial charge in [-0.3, -0.25) is 9.79 Å². The van der Waals surface area contributed by atoms with E-state index < -0.39 is 21.3 Å². The first kappa shape index (κ1) is 22.7. The van der Waals surface area contributed by atoms with E-state index in [1.807, 2.05) is 0 Å². The van der Waals surface area contributed by atoms with Crippen LogP contribution >= 0.6 is 11.6 Å². The van der Waals surface area contributed by atoms with E-state index in [-0.39, 0.29) is 23.8 Å². The van der Waals surface area contributed by atoms with Gasteiger partial charge in [-0.05, 0) is 59.5 Å². The van der Waals surface area contributed by atoms with Gasteiger partial charge in [0, 0.05) is 6.54 Å². The Morgan fingerprint density at radius 3 is 2.31 bits per heavy atom. The molecule has 0 aliphatic carbocycles. The third kappa shape index (κ3) is 5.96. The molecule has 29 heavy (non-hydrogen) atoms. The molecular formula is C18H23ClN4O5S. The van der Waals surface area contributed by atoms with Crippen LogP contribution in [0.25, 0.3) is 10.8 Å². The SMILES string of the molecule is COc1cc2ccc(S(=O)(=O)N[C@@H](CCCN=C(N)N)C(=O)Cl)cc2cc1OC. The molecule has 0 radical (unpaired) electrons. The fourth-order valence-corrected chi connectivity index (χ4v) is 4.19. The number of guanidine groups is 1. The first-order valence-corrected chi connectivity index (χ1v) is 10.5. The highest BCUT2D eigenvalue weighted by atomic mass is 35.5. The number of ether oxygens (including phenoxy) is 2. The van der Waals surface area contributed by atoms with Crippen LogP contribution in [0.5, 0.6) is 11.5 Å². The smallest absolute Gasteiger partial charge is 0.241 e. The van der Waals surface area contributed by atoms with Crippen molar-refractivity contribution in [1.29, 1.82) is 0 Å². The molecule has 0 heterocycles. The summed E-state index contributed by atoms with van der Waals surface area (Å²) in [5.41, 5.74) is 10.5. The monoisotopic (exact) mass is 442 g/mol. The van der Waals surface area contributed by atoms with Crippen molar-refractivity contribution in [1.82, 2.24) is 4.72 Å². The van der Waals surface area contributed by atoms with Gasteiger partial charge in [-0.1, -0.05) is 6.07 Å². The van der Waals surface area contributed by atoms with Gasteiger partial charge in [0.15, 0.2) is 17.5 Å². The molecule has 0 aromatic heterocycles. The minimum atomic E-state index is -4.00. The average molecular weight is 443 g/mol. The van der Waals surface area contributed by atoms with E-state index in [1.165, 1.54) is 26.4 Å². The predicted molar refractivity (Wildman–Crippen MR) is 112 cm³/mol. The van der Waals surface area contributed by atoms with Crippen LogP contribution in [0.2, 0.25) is 0 Å². The Kier molecular flexibility index (Phi) is 7.66. The molecule has 0 amide bonds. The lowest BCUT2D eigenvalue weighted by molar-refractivity contribution is -0.113. The number of methoxy groups -OCH3 is 2. The summed E-state index contributed by atoms with van der Waals surface area (Å²) in [5.74, 6) is 0.918.